The van der Waals surface area contributed by atoms with Crippen LogP contribution in [0.4, 0.5) is 5.69 Å². The second-order valence-electron chi connectivity index (χ2n) is 4.39. The van der Waals surface area contributed by atoms with Crippen molar-refractivity contribution < 1.29 is 4.79 Å². The first kappa shape index (κ1) is 13.0. The number of hydrogen-bond donors (Lipinski definition) is 0. The van der Waals surface area contributed by atoms with Gasteiger partial charge in [0.05, 0.1) is 5.69 Å². The largest absolute Gasteiger partial charge is 0.378 e. The lowest BCUT2D eigenvalue weighted by Crippen LogP contribution is -2.08. The van der Waals surface area contributed by atoms with Gasteiger partial charge in [-0.05, 0) is 48.6 Å². The first-order valence-corrected chi connectivity index (χ1v) is 6.07. The molecule has 1 aromatic carbocycles. The summed E-state index contributed by atoms with van der Waals surface area (Å²) in [5.41, 5.74) is 2.53. The standard InChI is InChI=1S/C16H16N2O/c1-18(2)15-9-6-13(7-10-15)16(19)11-8-14-5-3-4-12-17-14/h3-12H,1-2H3. The van der Waals surface area contributed by atoms with Crippen molar-refractivity contribution in [1.29, 1.82) is 0 Å². The summed E-state index contributed by atoms with van der Waals surface area (Å²) in [7, 11) is 3.94. The predicted octanol–water partition coefficient (Wildman–Crippen LogP) is 3.04. The Labute approximate surface area is 113 Å². The van der Waals surface area contributed by atoms with Gasteiger partial charge in [0.15, 0.2) is 5.78 Å². The number of aromatic nitrogens is 1. The molecule has 19 heavy (non-hydrogen) atoms. The average molecular weight is 252 g/mol. The fourth-order valence-electron chi connectivity index (χ4n) is 1.66. The third-order valence-electron chi connectivity index (χ3n) is 2.76. The van der Waals surface area contributed by atoms with Crippen LogP contribution in [-0.4, -0.2) is 24.9 Å². The number of benzene rings is 1. The molecule has 96 valence electrons. The monoisotopic (exact) mass is 252 g/mol. The second-order valence-corrected chi connectivity index (χ2v) is 4.39. The van der Waals surface area contributed by atoms with E-state index >= 15 is 0 Å². The molecule has 1 aromatic heterocycles. The van der Waals surface area contributed by atoms with Crippen molar-refractivity contribution in [2.45, 2.75) is 0 Å². The molecule has 0 atom stereocenters. The fraction of sp³-hybridized carbons (Fsp3) is 0.125. The predicted molar refractivity (Wildman–Crippen MR) is 78.4 cm³/mol. The highest BCUT2D eigenvalue weighted by molar-refractivity contribution is 6.06. The third kappa shape index (κ3) is 3.52. The van der Waals surface area contributed by atoms with Crippen LogP contribution in [0.3, 0.4) is 0 Å². The Morgan fingerprint density at radius 1 is 1.11 bits per heavy atom. The van der Waals surface area contributed by atoms with E-state index in [4.69, 9.17) is 0 Å². The lowest BCUT2D eigenvalue weighted by molar-refractivity contribution is 0.104. The summed E-state index contributed by atoms with van der Waals surface area (Å²) in [5.74, 6) is -0.0176. The minimum Gasteiger partial charge on any atom is -0.378 e. The Morgan fingerprint density at radius 3 is 2.42 bits per heavy atom. The molecule has 0 unspecified atom stereocenters. The summed E-state index contributed by atoms with van der Waals surface area (Å²) in [6.07, 6.45) is 4.98. The Morgan fingerprint density at radius 2 is 1.84 bits per heavy atom. The quantitative estimate of drug-likeness (QED) is 0.619. The van der Waals surface area contributed by atoms with Crippen molar-refractivity contribution in [3.05, 3.63) is 66.0 Å². The Balaban J connectivity index is 2.10. The molecule has 0 aliphatic carbocycles. The van der Waals surface area contributed by atoms with Crippen molar-refractivity contribution in [2.75, 3.05) is 19.0 Å². The molecule has 0 bridgehead atoms. The maximum absolute atomic E-state index is 12.0. The zero-order chi connectivity index (χ0) is 13.7. The Kier molecular flexibility index (Phi) is 4.08. The molecule has 0 amide bonds. The maximum atomic E-state index is 12.0. The topological polar surface area (TPSA) is 33.2 Å². The molecular formula is C16H16N2O. The highest BCUT2D eigenvalue weighted by Gasteiger charge is 2.02. The van der Waals surface area contributed by atoms with Crippen LogP contribution in [0.15, 0.2) is 54.7 Å². The first-order chi connectivity index (χ1) is 9.16. The van der Waals surface area contributed by atoms with Crippen LogP contribution < -0.4 is 4.90 Å². The molecule has 0 radical (unpaired) electrons. The van der Waals surface area contributed by atoms with Crippen LogP contribution in [0.5, 0.6) is 0 Å². The van der Waals surface area contributed by atoms with Gasteiger partial charge in [-0.1, -0.05) is 6.07 Å². The highest BCUT2D eigenvalue weighted by atomic mass is 16.1. The van der Waals surface area contributed by atoms with Crippen LogP contribution in [0, 0.1) is 0 Å². The number of carbonyl (C=O) groups excluding carboxylic acids is 1. The van der Waals surface area contributed by atoms with Gasteiger partial charge < -0.3 is 4.90 Å². The third-order valence-corrected chi connectivity index (χ3v) is 2.76. The van der Waals surface area contributed by atoms with Gasteiger partial charge in [0, 0.05) is 31.5 Å². The smallest absolute Gasteiger partial charge is 0.185 e. The summed E-state index contributed by atoms with van der Waals surface area (Å²) >= 11 is 0. The molecule has 0 saturated heterocycles. The molecule has 2 rings (SSSR count). The van der Waals surface area contributed by atoms with Gasteiger partial charge in [-0.15, -0.1) is 0 Å². The molecule has 0 N–H and O–H groups in total. The Bertz CT molecular complexity index is 571. The SMILES string of the molecule is CN(C)c1ccc(C(=O)C=Cc2ccccn2)cc1. The van der Waals surface area contributed by atoms with Gasteiger partial charge in [0.1, 0.15) is 0 Å². The number of rotatable bonds is 4. The number of anilines is 1. The van der Waals surface area contributed by atoms with E-state index in [1.807, 2.05) is 61.5 Å². The van der Waals surface area contributed by atoms with Crippen LogP contribution in [0.1, 0.15) is 16.1 Å². The molecule has 0 saturated carbocycles. The zero-order valence-electron chi connectivity index (χ0n) is 11.1. The van der Waals surface area contributed by atoms with Crippen molar-refractivity contribution in [1.82, 2.24) is 4.98 Å². The van der Waals surface area contributed by atoms with Gasteiger partial charge in [-0.25, -0.2) is 0 Å². The number of allylic oxidation sites excluding steroid dienone is 1. The minimum atomic E-state index is -0.0176. The van der Waals surface area contributed by atoms with Crippen LogP contribution in [0.25, 0.3) is 6.08 Å². The molecule has 0 aliphatic heterocycles. The van der Waals surface area contributed by atoms with Gasteiger partial charge in [0.25, 0.3) is 0 Å². The normalized spacial score (nSPS) is 10.6. The Hall–Kier alpha value is -2.42. The summed E-state index contributed by atoms with van der Waals surface area (Å²) < 4.78 is 0. The van der Waals surface area contributed by atoms with E-state index in [1.54, 1.807) is 18.3 Å². The van der Waals surface area contributed by atoms with Gasteiger partial charge >= 0.3 is 0 Å². The molecular weight excluding hydrogens is 236 g/mol. The lowest BCUT2D eigenvalue weighted by atomic mass is 10.1. The first-order valence-electron chi connectivity index (χ1n) is 6.07. The van der Waals surface area contributed by atoms with Crippen LogP contribution >= 0.6 is 0 Å². The van der Waals surface area contributed by atoms with Gasteiger partial charge in [-0.3, -0.25) is 9.78 Å². The summed E-state index contributed by atoms with van der Waals surface area (Å²) in [5, 5.41) is 0. The second kappa shape index (κ2) is 5.96. The number of pyridine rings is 1. The van der Waals surface area contributed by atoms with E-state index in [0.717, 1.165) is 11.4 Å². The van der Waals surface area contributed by atoms with Crippen molar-refractivity contribution in [3.63, 3.8) is 0 Å². The fourth-order valence-corrected chi connectivity index (χ4v) is 1.66. The minimum absolute atomic E-state index is 0.0176. The molecule has 3 nitrogen and oxygen atoms in total. The maximum Gasteiger partial charge on any atom is 0.185 e. The van der Waals surface area contributed by atoms with Crippen molar-refractivity contribution in [3.8, 4) is 0 Å². The summed E-state index contributed by atoms with van der Waals surface area (Å²) in [6.45, 7) is 0. The molecule has 2 aromatic rings. The van der Waals surface area contributed by atoms with Crippen LogP contribution in [0.2, 0.25) is 0 Å². The highest BCUT2D eigenvalue weighted by Crippen LogP contribution is 2.13. The number of nitrogens with zero attached hydrogens (tertiary/aromatic N) is 2. The van der Waals surface area contributed by atoms with Gasteiger partial charge in [0.2, 0.25) is 0 Å². The number of hydrogen-bond acceptors (Lipinski definition) is 3. The average Bonchev–Trinajstić information content (AvgIpc) is 2.46. The van der Waals surface area contributed by atoms with E-state index in [1.165, 1.54) is 0 Å². The van der Waals surface area contributed by atoms with Crippen LogP contribution in [-0.2, 0) is 0 Å². The lowest BCUT2D eigenvalue weighted by Gasteiger charge is -2.11. The van der Waals surface area contributed by atoms with E-state index in [9.17, 15) is 4.79 Å². The van der Waals surface area contributed by atoms with E-state index in [-0.39, 0.29) is 5.78 Å². The molecule has 0 fully saturated rings. The number of carbonyl (C=O) groups is 1. The van der Waals surface area contributed by atoms with E-state index in [2.05, 4.69) is 4.98 Å². The molecule has 3 heteroatoms. The summed E-state index contributed by atoms with van der Waals surface area (Å²) in [6, 6.07) is 13.1. The van der Waals surface area contributed by atoms with Gasteiger partial charge in [-0.2, -0.15) is 0 Å². The van der Waals surface area contributed by atoms with Crippen molar-refractivity contribution >= 4 is 17.5 Å². The van der Waals surface area contributed by atoms with E-state index in [0.29, 0.717) is 5.56 Å². The number of ketones is 1. The molecule has 1 heterocycles. The summed E-state index contributed by atoms with van der Waals surface area (Å²) in [4.78, 5) is 18.1. The van der Waals surface area contributed by atoms with E-state index < -0.39 is 0 Å². The van der Waals surface area contributed by atoms with Crippen molar-refractivity contribution in [2.24, 2.45) is 0 Å². The molecule has 0 aliphatic rings. The zero-order valence-corrected chi connectivity index (χ0v) is 11.1. The molecule has 0 spiro atoms.